The maximum absolute atomic E-state index is 13.2. The minimum Gasteiger partial charge on any atom is -0.450 e. The molecular weight excluding hydrogens is 275 g/mol. The van der Waals surface area contributed by atoms with E-state index in [1.54, 1.807) is 24.3 Å². The number of rotatable bonds is 5. The second-order valence-electron chi connectivity index (χ2n) is 4.55. The van der Waals surface area contributed by atoms with Gasteiger partial charge in [0, 0.05) is 18.2 Å². The van der Waals surface area contributed by atoms with Crippen LogP contribution in [-0.2, 0) is 0 Å². The van der Waals surface area contributed by atoms with E-state index in [0.717, 1.165) is 30.2 Å². The second-order valence-corrected chi connectivity index (χ2v) is 4.55. The molecule has 0 radical (unpaired) electrons. The van der Waals surface area contributed by atoms with Crippen molar-refractivity contribution >= 4 is 5.69 Å². The Kier molecular flexibility index (Phi) is 4.49. The van der Waals surface area contributed by atoms with E-state index in [-0.39, 0.29) is 17.5 Å². The van der Waals surface area contributed by atoms with Crippen LogP contribution in [0.3, 0.4) is 0 Å². The van der Waals surface area contributed by atoms with Crippen molar-refractivity contribution in [3.8, 4) is 11.5 Å². The van der Waals surface area contributed by atoms with Gasteiger partial charge < -0.3 is 10.5 Å². The fourth-order valence-electron chi connectivity index (χ4n) is 1.87. The number of nitro groups is 1. The summed E-state index contributed by atoms with van der Waals surface area (Å²) in [5.41, 5.74) is 6.56. The van der Waals surface area contributed by atoms with Gasteiger partial charge in [-0.15, -0.1) is 0 Å². The molecule has 1 atom stereocenters. The molecule has 0 aliphatic rings. The van der Waals surface area contributed by atoms with E-state index in [2.05, 4.69) is 0 Å². The highest BCUT2D eigenvalue weighted by Crippen LogP contribution is 2.32. The molecule has 2 N–H and O–H groups in total. The number of hydrogen-bond donors (Lipinski definition) is 1. The third kappa shape index (κ3) is 3.55. The van der Waals surface area contributed by atoms with E-state index in [4.69, 9.17) is 10.5 Å². The van der Waals surface area contributed by atoms with Crippen molar-refractivity contribution in [2.45, 2.75) is 19.4 Å². The third-order valence-corrected chi connectivity index (χ3v) is 3.09. The summed E-state index contributed by atoms with van der Waals surface area (Å²) in [4.78, 5) is 10.3. The van der Waals surface area contributed by atoms with Gasteiger partial charge in [-0.25, -0.2) is 4.39 Å². The van der Waals surface area contributed by atoms with Gasteiger partial charge >= 0.3 is 5.69 Å². The lowest BCUT2D eigenvalue weighted by Crippen LogP contribution is -2.08. The summed E-state index contributed by atoms with van der Waals surface area (Å²) >= 11 is 0. The summed E-state index contributed by atoms with van der Waals surface area (Å²) in [6.07, 6.45) is 0.801. The Labute approximate surface area is 121 Å². The van der Waals surface area contributed by atoms with Crippen LogP contribution >= 0.6 is 0 Å². The first-order valence-electron chi connectivity index (χ1n) is 6.48. The highest BCUT2D eigenvalue weighted by molar-refractivity contribution is 5.48. The first-order chi connectivity index (χ1) is 10.0. The zero-order chi connectivity index (χ0) is 15.4. The minimum atomic E-state index is -0.615. The van der Waals surface area contributed by atoms with Crippen LogP contribution < -0.4 is 10.5 Å². The number of halogens is 1. The Hall–Kier alpha value is -2.47. The van der Waals surface area contributed by atoms with Crippen molar-refractivity contribution in [1.82, 2.24) is 0 Å². The van der Waals surface area contributed by atoms with E-state index in [9.17, 15) is 14.5 Å². The molecule has 0 unspecified atom stereocenters. The van der Waals surface area contributed by atoms with E-state index in [0.29, 0.717) is 5.75 Å². The highest BCUT2D eigenvalue weighted by atomic mass is 19.1. The van der Waals surface area contributed by atoms with Crippen molar-refractivity contribution in [3.63, 3.8) is 0 Å². The summed E-state index contributed by atoms with van der Waals surface area (Å²) in [5.74, 6) is -0.344. The highest BCUT2D eigenvalue weighted by Gasteiger charge is 2.16. The fraction of sp³-hybridized carbons (Fsp3) is 0.200. The molecule has 0 saturated heterocycles. The Bertz CT molecular complexity index is 644. The molecule has 0 aliphatic carbocycles. The Morgan fingerprint density at radius 1 is 1.29 bits per heavy atom. The number of hydrogen-bond acceptors (Lipinski definition) is 4. The molecule has 0 amide bonds. The molecule has 0 aromatic heterocycles. The smallest absolute Gasteiger partial charge is 0.311 e. The number of benzene rings is 2. The molecule has 110 valence electrons. The van der Waals surface area contributed by atoms with Gasteiger partial charge in [-0.05, 0) is 30.2 Å². The lowest BCUT2D eigenvalue weighted by atomic mass is 10.1. The topological polar surface area (TPSA) is 78.4 Å². The largest absolute Gasteiger partial charge is 0.450 e. The number of ether oxygens (including phenoxy) is 1. The van der Waals surface area contributed by atoms with Gasteiger partial charge in [0.15, 0.2) is 0 Å². The van der Waals surface area contributed by atoms with Crippen LogP contribution in [0, 0.1) is 15.9 Å². The maximum Gasteiger partial charge on any atom is 0.311 e. The standard InChI is InChI=1S/C15H15FN2O3/c1-2-13(17)10-3-6-12(7-4-10)21-15-9-11(16)5-8-14(15)18(19)20/h3-9,13H,2,17H2,1H3/t13-/m0/s1. The Morgan fingerprint density at radius 3 is 2.52 bits per heavy atom. The molecule has 0 saturated carbocycles. The quantitative estimate of drug-likeness (QED) is 0.668. The summed E-state index contributed by atoms with van der Waals surface area (Å²) in [6, 6.07) is 9.90. The van der Waals surface area contributed by atoms with Crippen LogP contribution in [0.5, 0.6) is 11.5 Å². The van der Waals surface area contributed by atoms with Gasteiger partial charge in [0.1, 0.15) is 11.6 Å². The van der Waals surface area contributed by atoms with Gasteiger partial charge in [-0.1, -0.05) is 19.1 Å². The van der Waals surface area contributed by atoms with E-state index < -0.39 is 10.7 Å². The molecular formula is C15H15FN2O3. The molecule has 0 heterocycles. The molecule has 0 spiro atoms. The van der Waals surface area contributed by atoms with Gasteiger partial charge in [0.25, 0.3) is 0 Å². The molecule has 2 aromatic carbocycles. The summed E-state index contributed by atoms with van der Waals surface area (Å²) in [6.45, 7) is 1.98. The molecule has 0 bridgehead atoms. The molecule has 0 aliphatic heterocycles. The minimum absolute atomic E-state index is 0.0671. The maximum atomic E-state index is 13.2. The van der Waals surface area contributed by atoms with Gasteiger partial charge in [-0.3, -0.25) is 10.1 Å². The number of nitro benzene ring substituents is 1. The second kappa shape index (κ2) is 6.32. The monoisotopic (exact) mass is 290 g/mol. The molecule has 2 aromatic rings. The van der Waals surface area contributed by atoms with Crippen molar-refractivity contribution in [2.24, 2.45) is 5.73 Å². The zero-order valence-electron chi connectivity index (χ0n) is 11.5. The van der Waals surface area contributed by atoms with E-state index >= 15 is 0 Å². The third-order valence-electron chi connectivity index (χ3n) is 3.09. The van der Waals surface area contributed by atoms with Crippen LogP contribution in [0.4, 0.5) is 10.1 Å². The van der Waals surface area contributed by atoms with E-state index in [1.807, 2.05) is 6.92 Å². The summed E-state index contributed by atoms with van der Waals surface area (Å²) in [7, 11) is 0. The van der Waals surface area contributed by atoms with Crippen molar-refractivity contribution in [2.75, 3.05) is 0 Å². The van der Waals surface area contributed by atoms with Gasteiger partial charge in [-0.2, -0.15) is 0 Å². The predicted molar refractivity (Wildman–Crippen MR) is 76.8 cm³/mol. The van der Waals surface area contributed by atoms with Gasteiger partial charge in [0.2, 0.25) is 5.75 Å². The summed E-state index contributed by atoms with van der Waals surface area (Å²) < 4.78 is 18.6. The molecule has 6 heteroatoms. The zero-order valence-corrected chi connectivity index (χ0v) is 11.5. The molecule has 2 rings (SSSR count). The first kappa shape index (κ1) is 14.9. The Morgan fingerprint density at radius 2 is 1.95 bits per heavy atom. The lowest BCUT2D eigenvalue weighted by Gasteiger charge is -2.10. The van der Waals surface area contributed by atoms with Crippen LogP contribution in [-0.4, -0.2) is 4.92 Å². The average molecular weight is 290 g/mol. The number of nitrogens with two attached hydrogens (primary N) is 1. The predicted octanol–water partition coefficient (Wildman–Crippen LogP) is 3.94. The Balaban J connectivity index is 2.26. The van der Waals surface area contributed by atoms with Crippen molar-refractivity contribution in [1.29, 1.82) is 0 Å². The average Bonchev–Trinajstić information content (AvgIpc) is 2.47. The first-order valence-corrected chi connectivity index (χ1v) is 6.48. The van der Waals surface area contributed by atoms with Crippen LogP contribution in [0.15, 0.2) is 42.5 Å². The van der Waals surface area contributed by atoms with Crippen LogP contribution in [0.2, 0.25) is 0 Å². The summed E-state index contributed by atoms with van der Waals surface area (Å²) in [5, 5.41) is 10.9. The van der Waals surface area contributed by atoms with Crippen LogP contribution in [0.1, 0.15) is 24.9 Å². The SMILES string of the molecule is CC[C@H](N)c1ccc(Oc2cc(F)ccc2[N+](=O)[O-])cc1. The number of nitrogens with zero attached hydrogens (tertiary/aromatic N) is 1. The van der Waals surface area contributed by atoms with E-state index in [1.165, 1.54) is 0 Å². The molecule has 0 fully saturated rings. The fourth-order valence-corrected chi connectivity index (χ4v) is 1.87. The van der Waals surface area contributed by atoms with Crippen LogP contribution in [0.25, 0.3) is 0 Å². The lowest BCUT2D eigenvalue weighted by molar-refractivity contribution is -0.385. The molecule has 5 nitrogen and oxygen atoms in total. The van der Waals surface area contributed by atoms with Gasteiger partial charge in [0.05, 0.1) is 4.92 Å². The van der Waals surface area contributed by atoms with Crippen molar-refractivity contribution in [3.05, 3.63) is 64.0 Å². The van der Waals surface area contributed by atoms with Crippen molar-refractivity contribution < 1.29 is 14.1 Å². The normalized spacial score (nSPS) is 12.0. The molecule has 21 heavy (non-hydrogen) atoms.